The van der Waals surface area contributed by atoms with E-state index in [0.29, 0.717) is 5.92 Å². The van der Waals surface area contributed by atoms with Crippen LogP contribution in [-0.2, 0) is 10.0 Å². The van der Waals surface area contributed by atoms with E-state index in [-0.39, 0.29) is 16.6 Å². The molecule has 0 aromatic carbocycles. The smallest absolute Gasteiger partial charge is 0.242 e. The maximum atomic E-state index is 12.2. The fourth-order valence-electron chi connectivity index (χ4n) is 2.47. The molecule has 19 heavy (non-hydrogen) atoms. The normalized spacial score (nSPS) is 18.1. The second-order valence-electron chi connectivity index (χ2n) is 4.95. The Morgan fingerprint density at radius 3 is 2.63 bits per heavy atom. The lowest BCUT2D eigenvalue weighted by Crippen LogP contribution is -2.37. The summed E-state index contributed by atoms with van der Waals surface area (Å²) < 4.78 is 27.0. The van der Waals surface area contributed by atoms with Gasteiger partial charge in [0.05, 0.1) is 0 Å². The van der Waals surface area contributed by atoms with E-state index in [4.69, 9.17) is 5.26 Å². The van der Waals surface area contributed by atoms with Gasteiger partial charge in [0.15, 0.2) is 0 Å². The van der Waals surface area contributed by atoms with E-state index in [0.717, 1.165) is 12.8 Å². The van der Waals surface area contributed by atoms with E-state index in [1.165, 1.54) is 31.2 Å². The minimum absolute atomic E-state index is 0.0665. The first-order valence-corrected chi connectivity index (χ1v) is 7.90. The standard InChI is InChI=1S/C13H17N3O2S/c1-10(11-4-2-3-5-11)16-19(17,18)13-7-6-12(8-14)15-9-13/h6-7,9-11,16H,2-5H2,1H3. The molecule has 1 unspecified atom stereocenters. The van der Waals surface area contributed by atoms with Gasteiger partial charge in [-0.05, 0) is 37.8 Å². The Hall–Kier alpha value is -1.45. The van der Waals surface area contributed by atoms with Gasteiger partial charge in [-0.3, -0.25) is 0 Å². The van der Waals surface area contributed by atoms with Gasteiger partial charge in [-0.1, -0.05) is 12.8 Å². The van der Waals surface area contributed by atoms with Crippen LogP contribution in [0.15, 0.2) is 23.2 Å². The zero-order chi connectivity index (χ0) is 13.9. The number of rotatable bonds is 4. The van der Waals surface area contributed by atoms with Crippen LogP contribution in [-0.4, -0.2) is 19.4 Å². The highest BCUT2D eigenvalue weighted by molar-refractivity contribution is 7.89. The van der Waals surface area contributed by atoms with Crippen LogP contribution in [0.25, 0.3) is 0 Å². The zero-order valence-corrected chi connectivity index (χ0v) is 11.7. The number of pyridine rings is 1. The molecule has 0 aliphatic heterocycles. The maximum Gasteiger partial charge on any atom is 0.242 e. The highest BCUT2D eigenvalue weighted by Gasteiger charge is 2.26. The summed E-state index contributed by atoms with van der Waals surface area (Å²) in [4.78, 5) is 3.90. The number of aromatic nitrogens is 1. The molecule has 0 radical (unpaired) electrons. The van der Waals surface area contributed by atoms with Gasteiger partial charge >= 0.3 is 0 Å². The van der Waals surface area contributed by atoms with Crippen LogP contribution >= 0.6 is 0 Å². The number of hydrogen-bond donors (Lipinski definition) is 1. The van der Waals surface area contributed by atoms with Gasteiger partial charge in [-0.25, -0.2) is 18.1 Å². The second kappa shape index (κ2) is 5.68. The lowest BCUT2D eigenvalue weighted by atomic mass is 10.0. The maximum absolute atomic E-state index is 12.2. The van der Waals surface area contributed by atoms with Crippen molar-refractivity contribution in [3.63, 3.8) is 0 Å². The van der Waals surface area contributed by atoms with Gasteiger partial charge in [0.1, 0.15) is 16.7 Å². The molecule has 1 aromatic rings. The van der Waals surface area contributed by atoms with Crippen LogP contribution in [0.1, 0.15) is 38.3 Å². The number of nitrogens with zero attached hydrogens (tertiary/aromatic N) is 2. The van der Waals surface area contributed by atoms with Crippen molar-refractivity contribution in [1.29, 1.82) is 5.26 Å². The highest BCUT2D eigenvalue weighted by atomic mass is 32.2. The van der Waals surface area contributed by atoms with Crippen molar-refractivity contribution in [2.45, 2.75) is 43.5 Å². The average molecular weight is 279 g/mol. The van der Waals surface area contributed by atoms with Crippen molar-refractivity contribution in [1.82, 2.24) is 9.71 Å². The van der Waals surface area contributed by atoms with Crippen LogP contribution < -0.4 is 4.72 Å². The van der Waals surface area contributed by atoms with Gasteiger partial charge in [0, 0.05) is 12.2 Å². The molecule has 1 aliphatic rings. The topological polar surface area (TPSA) is 82.9 Å². The zero-order valence-electron chi connectivity index (χ0n) is 10.8. The minimum Gasteiger partial charge on any atom is -0.244 e. The first-order valence-electron chi connectivity index (χ1n) is 6.41. The fourth-order valence-corrected chi connectivity index (χ4v) is 3.73. The molecule has 1 aliphatic carbocycles. The fraction of sp³-hybridized carbons (Fsp3) is 0.538. The summed E-state index contributed by atoms with van der Waals surface area (Å²) in [5, 5.41) is 8.64. The molecule has 5 nitrogen and oxygen atoms in total. The van der Waals surface area contributed by atoms with Gasteiger partial charge < -0.3 is 0 Å². The van der Waals surface area contributed by atoms with E-state index in [1.807, 2.05) is 13.0 Å². The average Bonchev–Trinajstić information content (AvgIpc) is 2.92. The Morgan fingerprint density at radius 1 is 1.42 bits per heavy atom. The second-order valence-corrected chi connectivity index (χ2v) is 6.66. The van der Waals surface area contributed by atoms with E-state index < -0.39 is 10.0 Å². The Bertz CT molecular complexity index is 569. The van der Waals surface area contributed by atoms with Crippen molar-refractivity contribution in [3.8, 4) is 6.07 Å². The van der Waals surface area contributed by atoms with E-state index in [2.05, 4.69) is 9.71 Å². The SMILES string of the molecule is CC(NS(=O)(=O)c1ccc(C#N)nc1)C1CCCC1. The molecular weight excluding hydrogens is 262 g/mol. The molecule has 2 rings (SSSR count). The predicted molar refractivity (Wildman–Crippen MR) is 70.7 cm³/mol. The molecule has 102 valence electrons. The van der Waals surface area contributed by atoms with Crippen LogP contribution in [0.5, 0.6) is 0 Å². The Kier molecular flexibility index (Phi) is 4.17. The van der Waals surface area contributed by atoms with E-state index >= 15 is 0 Å². The third-order valence-corrected chi connectivity index (χ3v) is 5.15. The van der Waals surface area contributed by atoms with Gasteiger partial charge in [0.25, 0.3) is 0 Å². The lowest BCUT2D eigenvalue weighted by molar-refractivity contribution is 0.424. The molecule has 0 bridgehead atoms. The predicted octanol–water partition coefficient (Wildman–Crippen LogP) is 1.81. The summed E-state index contributed by atoms with van der Waals surface area (Å²) in [5.41, 5.74) is 0.211. The summed E-state index contributed by atoms with van der Waals surface area (Å²) in [6.45, 7) is 1.91. The summed E-state index contributed by atoms with van der Waals surface area (Å²) in [5.74, 6) is 0.418. The minimum atomic E-state index is -3.54. The molecule has 1 fully saturated rings. The van der Waals surface area contributed by atoms with Crippen molar-refractivity contribution < 1.29 is 8.42 Å². The molecule has 1 N–H and O–H groups in total. The van der Waals surface area contributed by atoms with Crippen molar-refractivity contribution in [2.24, 2.45) is 5.92 Å². The Labute approximate surface area is 113 Å². The monoisotopic (exact) mass is 279 g/mol. The molecule has 0 saturated heterocycles. The molecular formula is C13H17N3O2S. The number of nitriles is 1. The molecule has 6 heteroatoms. The van der Waals surface area contributed by atoms with Crippen LogP contribution in [0, 0.1) is 17.2 Å². The third-order valence-electron chi connectivity index (χ3n) is 3.61. The summed E-state index contributed by atoms with van der Waals surface area (Å²) in [6, 6.07) is 4.62. The van der Waals surface area contributed by atoms with Crippen LogP contribution in [0.2, 0.25) is 0 Å². The largest absolute Gasteiger partial charge is 0.244 e. The first kappa shape index (κ1) is 14.0. The van der Waals surface area contributed by atoms with Gasteiger partial charge in [-0.15, -0.1) is 0 Å². The van der Waals surface area contributed by atoms with Gasteiger partial charge in [0.2, 0.25) is 10.0 Å². The van der Waals surface area contributed by atoms with E-state index in [1.54, 1.807) is 0 Å². The van der Waals surface area contributed by atoms with Crippen molar-refractivity contribution in [3.05, 3.63) is 24.0 Å². The molecule has 1 aromatic heterocycles. The van der Waals surface area contributed by atoms with Gasteiger partial charge in [-0.2, -0.15) is 5.26 Å². The molecule has 0 spiro atoms. The Balaban J connectivity index is 2.10. The summed E-state index contributed by atoms with van der Waals surface area (Å²) in [7, 11) is -3.54. The third kappa shape index (κ3) is 3.31. The van der Waals surface area contributed by atoms with Crippen molar-refractivity contribution >= 4 is 10.0 Å². The molecule has 1 saturated carbocycles. The number of sulfonamides is 1. The number of nitrogens with one attached hydrogen (secondary N) is 1. The van der Waals surface area contributed by atoms with Crippen molar-refractivity contribution in [2.75, 3.05) is 0 Å². The molecule has 1 atom stereocenters. The number of hydrogen-bond acceptors (Lipinski definition) is 4. The highest BCUT2D eigenvalue weighted by Crippen LogP contribution is 2.28. The first-order chi connectivity index (χ1) is 9.03. The summed E-state index contributed by atoms with van der Waals surface area (Å²) >= 11 is 0. The molecule has 0 amide bonds. The van der Waals surface area contributed by atoms with E-state index in [9.17, 15) is 8.42 Å². The quantitative estimate of drug-likeness (QED) is 0.911. The lowest BCUT2D eigenvalue weighted by Gasteiger charge is -2.20. The summed E-state index contributed by atoms with van der Waals surface area (Å²) in [6.07, 6.45) is 5.73. The van der Waals surface area contributed by atoms with Crippen LogP contribution in [0.4, 0.5) is 0 Å². The molecule has 1 heterocycles. The van der Waals surface area contributed by atoms with Crippen LogP contribution in [0.3, 0.4) is 0 Å². The Morgan fingerprint density at radius 2 is 2.11 bits per heavy atom.